The van der Waals surface area contributed by atoms with Crippen LogP contribution in [0.2, 0.25) is 0 Å². The quantitative estimate of drug-likeness (QED) is 0.759. The van der Waals surface area contributed by atoms with Gasteiger partial charge in [-0.25, -0.2) is 4.79 Å². The van der Waals surface area contributed by atoms with E-state index < -0.39 is 5.97 Å². The van der Waals surface area contributed by atoms with Gasteiger partial charge in [0.1, 0.15) is 0 Å². The number of hydrogen-bond acceptors (Lipinski definition) is 4. The summed E-state index contributed by atoms with van der Waals surface area (Å²) in [4.78, 5) is 11.5. The SMILES string of the molecule is COC(=O)c1nn(C)c2ccc(CN)cc12. The zero-order chi connectivity index (χ0) is 11.7. The van der Waals surface area contributed by atoms with Crippen LogP contribution in [-0.4, -0.2) is 22.9 Å². The summed E-state index contributed by atoms with van der Waals surface area (Å²) in [5.41, 5.74) is 7.74. The van der Waals surface area contributed by atoms with E-state index in [-0.39, 0.29) is 0 Å². The molecule has 1 aromatic heterocycles. The number of rotatable bonds is 2. The van der Waals surface area contributed by atoms with Crippen LogP contribution in [0.1, 0.15) is 16.1 Å². The van der Waals surface area contributed by atoms with Crippen molar-refractivity contribution in [2.24, 2.45) is 12.8 Å². The molecule has 1 aromatic carbocycles. The molecule has 16 heavy (non-hydrogen) atoms. The largest absolute Gasteiger partial charge is 0.464 e. The molecule has 2 N–H and O–H groups in total. The molecule has 2 rings (SSSR count). The molecule has 0 aliphatic carbocycles. The number of hydrogen-bond donors (Lipinski definition) is 1. The maximum absolute atomic E-state index is 11.5. The number of nitrogens with zero attached hydrogens (tertiary/aromatic N) is 2. The highest BCUT2D eigenvalue weighted by Gasteiger charge is 2.16. The number of carbonyl (C=O) groups excluding carboxylic acids is 1. The zero-order valence-electron chi connectivity index (χ0n) is 9.23. The number of aromatic nitrogens is 2. The molecule has 0 radical (unpaired) electrons. The summed E-state index contributed by atoms with van der Waals surface area (Å²) in [7, 11) is 3.13. The van der Waals surface area contributed by atoms with Crippen LogP contribution >= 0.6 is 0 Å². The first-order valence-corrected chi connectivity index (χ1v) is 4.91. The van der Waals surface area contributed by atoms with Crippen LogP contribution < -0.4 is 5.73 Å². The third-order valence-electron chi connectivity index (χ3n) is 2.53. The highest BCUT2D eigenvalue weighted by molar-refractivity contribution is 6.02. The summed E-state index contributed by atoms with van der Waals surface area (Å²) in [6.45, 7) is 0.436. The molecular formula is C11H13N3O2. The molecule has 84 valence electrons. The van der Waals surface area contributed by atoms with E-state index in [1.165, 1.54) is 7.11 Å². The van der Waals surface area contributed by atoms with Gasteiger partial charge in [0, 0.05) is 19.0 Å². The molecule has 5 heteroatoms. The Hall–Kier alpha value is -1.88. The van der Waals surface area contributed by atoms with Gasteiger partial charge in [0.25, 0.3) is 0 Å². The van der Waals surface area contributed by atoms with E-state index in [4.69, 9.17) is 5.73 Å². The molecule has 1 heterocycles. The summed E-state index contributed by atoms with van der Waals surface area (Å²) in [6, 6.07) is 5.69. The highest BCUT2D eigenvalue weighted by atomic mass is 16.5. The summed E-state index contributed by atoms with van der Waals surface area (Å²) >= 11 is 0. The molecule has 0 saturated heterocycles. The van der Waals surface area contributed by atoms with Crippen LogP contribution in [0.25, 0.3) is 10.9 Å². The zero-order valence-corrected chi connectivity index (χ0v) is 9.23. The number of fused-ring (bicyclic) bond motifs is 1. The Morgan fingerprint density at radius 1 is 1.56 bits per heavy atom. The van der Waals surface area contributed by atoms with E-state index in [0.717, 1.165) is 16.5 Å². The van der Waals surface area contributed by atoms with Crippen LogP contribution in [0.15, 0.2) is 18.2 Å². The summed E-state index contributed by atoms with van der Waals surface area (Å²) in [5, 5.41) is 4.91. The number of carbonyl (C=O) groups is 1. The third-order valence-corrected chi connectivity index (χ3v) is 2.53. The van der Waals surface area contributed by atoms with Gasteiger partial charge in [0.2, 0.25) is 0 Å². The molecule has 0 amide bonds. The Balaban J connectivity index is 2.70. The molecule has 2 aromatic rings. The van der Waals surface area contributed by atoms with Gasteiger partial charge < -0.3 is 10.5 Å². The van der Waals surface area contributed by atoms with Crippen molar-refractivity contribution in [1.29, 1.82) is 0 Å². The van der Waals surface area contributed by atoms with Crippen molar-refractivity contribution >= 4 is 16.9 Å². The molecule has 0 saturated carbocycles. The Morgan fingerprint density at radius 2 is 2.31 bits per heavy atom. The van der Waals surface area contributed by atoms with Crippen molar-refractivity contribution in [3.8, 4) is 0 Å². The summed E-state index contributed by atoms with van der Waals surface area (Å²) in [5.74, 6) is -0.431. The summed E-state index contributed by atoms with van der Waals surface area (Å²) < 4.78 is 6.34. The minimum Gasteiger partial charge on any atom is -0.464 e. The molecule has 0 fully saturated rings. The second-order valence-corrected chi connectivity index (χ2v) is 3.52. The van der Waals surface area contributed by atoms with Crippen LogP contribution in [0, 0.1) is 0 Å². The fraction of sp³-hybridized carbons (Fsp3) is 0.273. The number of ether oxygens (including phenoxy) is 1. The number of aryl methyl sites for hydroxylation is 1. The Labute approximate surface area is 92.8 Å². The van der Waals surface area contributed by atoms with Crippen molar-refractivity contribution in [2.75, 3.05) is 7.11 Å². The van der Waals surface area contributed by atoms with Crippen LogP contribution in [0.4, 0.5) is 0 Å². The number of esters is 1. The van der Waals surface area contributed by atoms with E-state index in [1.54, 1.807) is 11.7 Å². The van der Waals surface area contributed by atoms with Crippen LogP contribution in [0.5, 0.6) is 0 Å². The van der Waals surface area contributed by atoms with Gasteiger partial charge in [-0.2, -0.15) is 5.10 Å². The van der Waals surface area contributed by atoms with Gasteiger partial charge in [0.05, 0.1) is 12.6 Å². The monoisotopic (exact) mass is 219 g/mol. The average Bonchev–Trinajstić information content (AvgIpc) is 2.65. The Morgan fingerprint density at radius 3 is 2.94 bits per heavy atom. The number of nitrogens with two attached hydrogens (primary N) is 1. The number of methoxy groups -OCH3 is 1. The lowest BCUT2D eigenvalue weighted by molar-refractivity contribution is 0.0595. The molecule has 0 aliphatic heterocycles. The predicted octanol–water partition coefficient (Wildman–Crippen LogP) is 0.819. The Bertz CT molecular complexity index is 545. The van der Waals surface area contributed by atoms with Crippen LogP contribution in [0.3, 0.4) is 0 Å². The molecule has 0 bridgehead atoms. The first-order chi connectivity index (χ1) is 7.67. The summed E-state index contributed by atoms with van der Waals surface area (Å²) in [6.07, 6.45) is 0. The van der Waals surface area contributed by atoms with Gasteiger partial charge in [-0.15, -0.1) is 0 Å². The van der Waals surface area contributed by atoms with Gasteiger partial charge in [0.15, 0.2) is 5.69 Å². The van der Waals surface area contributed by atoms with Gasteiger partial charge in [-0.3, -0.25) is 4.68 Å². The van der Waals surface area contributed by atoms with Gasteiger partial charge in [-0.05, 0) is 17.7 Å². The maximum Gasteiger partial charge on any atom is 0.359 e. The van der Waals surface area contributed by atoms with E-state index in [2.05, 4.69) is 9.84 Å². The highest BCUT2D eigenvalue weighted by Crippen LogP contribution is 2.20. The average molecular weight is 219 g/mol. The number of benzene rings is 1. The first kappa shape index (κ1) is 10.6. The van der Waals surface area contributed by atoms with Crippen molar-refractivity contribution in [2.45, 2.75) is 6.54 Å². The lowest BCUT2D eigenvalue weighted by Crippen LogP contribution is -2.03. The first-order valence-electron chi connectivity index (χ1n) is 4.91. The van der Waals surface area contributed by atoms with E-state index in [0.29, 0.717) is 12.2 Å². The standard InChI is InChI=1S/C11H13N3O2/c1-14-9-4-3-7(6-12)5-8(9)10(13-14)11(15)16-2/h3-5H,6,12H2,1-2H3. The second-order valence-electron chi connectivity index (χ2n) is 3.52. The maximum atomic E-state index is 11.5. The normalized spacial score (nSPS) is 10.7. The molecule has 5 nitrogen and oxygen atoms in total. The van der Waals surface area contributed by atoms with Gasteiger partial charge >= 0.3 is 5.97 Å². The lowest BCUT2D eigenvalue weighted by Gasteiger charge is -1.98. The Kier molecular flexibility index (Phi) is 2.62. The fourth-order valence-corrected chi connectivity index (χ4v) is 1.69. The third kappa shape index (κ3) is 1.55. The van der Waals surface area contributed by atoms with E-state index in [9.17, 15) is 4.79 Å². The van der Waals surface area contributed by atoms with Crippen molar-refractivity contribution < 1.29 is 9.53 Å². The molecular weight excluding hydrogens is 206 g/mol. The predicted molar refractivity (Wildman–Crippen MR) is 59.9 cm³/mol. The lowest BCUT2D eigenvalue weighted by atomic mass is 10.1. The molecule has 0 atom stereocenters. The fourth-order valence-electron chi connectivity index (χ4n) is 1.69. The molecule has 0 aliphatic rings. The van der Waals surface area contributed by atoms with Crippen LogP contribution in [-0.2, 0) is 18.3 Å². The van der Waals surface area contributed by atoms with Crippen molar-refractivity contribution in [3.63, 3.8) is 0 Å². The molecule has 0 unspecified atom stereocenters. The topological polar surface area (TPSA) is 70.1 Å². The minimum absolute atomic E-state index is 0.329. The smallest absolute Gasteiger partial charge is 0.359 e. The second kappa shape index (κ2) is 3.94. The van der Waals surface area contributed by atoms with Gasteiger partial charge in [-0.1, -0.05) is 6.07 Å². The van der Waals surface area contributed by atoms with E-state index >= 15 is 0 Å². The molecule has 0 spiro atoms. The minimum atomic E-state index is -0.431. The van der Waals surface area contributed by atoms with Crippen molar-refractivity contribution in [3.05, 3.63) is 29.5 Å². The van der Waals surface area contributed by atoms with E-state index in [1.807, 2.05) is 18.2 Å². The van der Waals surface area contributed by atoms with Crippen molar-refractivity contribution in [1.82, 2.24) is 9.78 Å².